The fourth-order valence-corrected chi connectivity index (χ4v) is 11.8. The minimum atomic E-state index is -0.650. The third-order valence-electron chi connectivity index (χ3n) is 12.6. The van der Waals surface area contributed by atoms with Crippen molar-refractivity contribution in [1.29, 1.82) is 0 Å². The second kappa shape index (κ2) is 23.9. The van der Waals surface area contributed by atoms with Crippen molar-refractivity contribution in [3.63, 3.8) is 0 Å². The fourth-order valence-electron chi connectivity index (χ4n) is 9.55. The van der Waals surface area contributed by atoms with Crippen LogP contribution in [0.3, 0.4) is 0 Å². The van der Waals surface area contributed by atoms with Crippen LogP contribution in [0.15, 0.2) is 73.1 Å². The Hall–Kier alpha value is -2.42. The zero-order valence-electron chi connectivity index (χ0n) is 34.2. The van der Waals surface area contributed by atoms with Crippen LogP contribution in [0.5, 0.6) is 0 Å². The lowest BCUT2D eigenvalue weighted by Gasteiger charge is -2.39. The first kappa shape index (κ1) is 50.2. The van der Waals surface area contributed by atoms with Gasteiger partial charge >= 0.3 is 0 Å². The summed E-state index contributed by atoms with van der Waals surface area (Å²) < 4.78 is 4.51. The van der Waals surface area contributed by atoms with E-state index in [9.17, 15) is 9.59 Å². The zero-order chi connectivity index (χ0) is 38.4. The number of fused-ring (bicyclic) bond motifs is 2. The van der Waals surface area contributed by atoms with Crippen LogP contribution in [0.4, 0.5) is 0 Å². The Kier molecular flexibility index (Phi) is 20.0. The molecule has 2 aromatic heterocycles. The molecule has 8 rings (SSSR count). The zero-order valence-corrected chi connectivity index (χ0v) is 39.1. The van der Waals surface area contributed by atoms with Crippen molar-refractivity contribution in [2.45, 2.75) is 114 Å². The van der Waals surface area contributed by atoms with Gasteiger partial charge in [0.05, 0.1) is 35.6 Å². The Labute approximate surface area is 388 Å². The first-order valence-corrected chi connectivity index (χ1v) is 23.5. The molecule has 60 heavy (non-hydrogen) atoms. The summed E-state index contributed by atoms with van der Waals surface area (Å²) in [5.41, 5.74) is 17.5. The van der Waals surface area contributed by atoms with Crippen molar-refractivity contribution < 1.29 is 9.59 Å². The van der Waals surface area contributed by atoms with E-state index in [1.54, 1.807) is 21.6 Å². The number of nitrogens with zero attached hydrogens (tertiary/aromatic N) is 6. The summed E-state index contributed by atoms with van der Waals surface area (Å²) in [6, 6.07) is 19.1. The lowest BCUT2D eigenvalue weighted by Crippen LogP contribution is -2.51. The Morgan fingerprint density at radius 3 is 1.30 bits per heavy atom. The van der Waals surface area contributed by atoms with Crippen LogP contribution in [0.25, 0.3) is 22.5 Å². The molecule has 2 aromatic carbocycles. The molecular formula is C44H62Cl4N8O2S2. The molecule has 2 aliphatic heterocycles. The minimum absolute atomic E-state index is 0. The SMILES string of the molecule is Cl.Cl.Cl.Cl.NC(CSSCC(N)C(=O)N1CCn2cc(-c3ccccc3)nc2C1CC1CCCCC1)C(=O)N1CCn2cc(-c3ccccc3)nc2C1CC1CCCCC1. The molecule has 0 spiro atoms. The average molecular weight is 941 g/mol. The van der Waals surface area contributed by atoms with Gasteiger partial charge in [0, 0.05) is 61.2 Å². The quantitative estimate of drug-likeness (QED) is 0.100. The van der Waals surface area contributed by atoms with Crippen molar-refractivity contribution in [3.8, 4) is 22.5 Å². The third-order valence-corrected chi connectivity index (χ3v) is 15.1. The number of benzene rings is 2. The fraction of sp³-hybridized carbons (Fsp3) is 0.545. The van der Waals surface area contributed by atoms with E-state index in [1.807, 2.05) is 46.2 Å². The first-order valence-electron chi connectivity index (χ1n) is 21.0. The normalized spacial score (nSPS) is 20.2. The van der Waals surface area contributed by atoms with Crippen LogP contribution < -0.4 is 11.5 Å². The van der Waals surface area contributed by atoms with Crippen molar-refractivity contribution in [1.82, 2.24) is 28.9 Å². The van der Waals surface area contributed by atoms with E-state index >= 15 is 0 Å². The Morgan fingerprint density at radius 2 is 0.933 bits per heavy atom. The van der Waals surface area contributed by atoms with E-state index in [1.165, 1.54) is 64.2 Å². The summed E-state index contributed by atoms with van der Waals surface area (Å²) in [5, 5.41) is 0. The topological polar surface area (TPSA) is 128 Å². The van der Waals surface area contributed by atoms with Gasteiger partial charge in [-0.05, 0) is 24.7 Å². The molecule has 4 unspecified atom stereocenters. The number of carbonyl (C=O) groups excluding carboxylic acids is 2. The van der Waals surface area contributed by atoms with Crippen molar-refractivity contribution in [2.24, 2.45) is 23.3 Å². The summed E-state index contributed by atoms with van der Waals surface area (Å²) in [7, 11) is 3.09. The molecule has 330 valence electrons. The Balaban J connectivity index is 0.00000198. The number of hydrogen-bond acceptors (Lipinski definition) is 8. The Bertz CT molecular complexity index is 1790. The monoisotopic (exact) mass is 938 g/mol. The second-order valence-electron chi connectivity index (χ2n) is 16.4. The average Bonchev–Trinajstić information content (AvgIpc) is 3.89. The van der Waals surface area contributed by atoms with Gasteiger partial charge in [-0.2, -0.15) is 0 Å². The van der Waals surface area contributed by atoms with E-state index < -0.39 is 12.1 Å². The molecule has 0 saturated heterocycles. The molecule has 2 aliphatic carbocycles. The van der Waals surface area contributed by atoms with E-state index in [4.69, 9.17) is 21.4 Å². The number of amides is 2. The number of hydrogen-bond donors (Lipinski definition) is 2. The highest BCUT2D eigenvalue weighted by Crippen LogP contribution is 2.40. The van der Waals surface area contributed by atoms with Crippen molar-refractivity contribution in [2.75, 3.05) is 24.6 Å². The molecule has 4 atom stereocenters. The molecular weight excluding hydrogens is 878 g/mol. The van der Waals surface area contributed by atoms with E-state index in [0.29, 0.717) is 49.5 Å². The van der Waals surface area contributed by atoms with Gasteiger partial charge in [0.25, 0.3) is 0 Å². The van der Waals surface area contributed by atoms with Gasteiger partial charge in [0.1, 0.15) is 11.6 Å². The lowest BCUT2D eigenvalue weighted by molar-refractivity contribution is -0.137. The maximum absolute atomic E-state index is 14.1. The number of nitrogens with two attached hydrogens (primary N) is 2. The Morgan fingerprint density at radius 1 is 0.567 bits per heavy atom. The van der Waals surface area contributed by atoms with E-state index in [-0.39, 0.29) is 73.5 Å². The predicted molar refractivity (Wildman–Crippen MR) is 256 cm³/mol. The minimum Gasteiger partial charge on any atom is -0.331 e. The summed E-state index contributed by atoms with van der Waals surface area (Å²) in [6.45, 7) is 2.67. The summed E-state index contributed by atoms with van der Waals surface area (Å²) in [5.74, 6) is 4.00. The molecule has 4 N–H and O–H groups in total. The van der Waals surface area contributed by atoms with Gasteiger partial charge in [-0.3, -0.25) is 9.59 Å². The number of imidazole rings is 2. The first-order chi connectivity index (χ1) is 27.4. The van der Waals surface area contributed by atoms with Gasteiger partial charge in [0.15, 0.2) is 0 Å². The van der Waals surface area contributed by atoms with E-state index in [0.717, 1.165) is 47.0 Å². The lowest BCUT2D eigenvalue weighted by atomic mass is 9.84. The van der Waals surface area contributed by atoms with Gasteiger partial charge in [-0.15, -0.1) is 49.6 Å². The number of carbonyl (C=O) groups is 2. The molecule has 2 amide bonds. The summed E-state index contributed by atoms with van der Waals surface area (Å²) in [4.78, 5) is 42.6. The van der Waals surface area contributed by atoms with Gasteiger partial charge in [-0.1, -0.05) is 146 Å². The van der Waals surface area contributed by atoms with Gasteiger partial charge < -0.3 is 30.4 Å². The summed E-state index contributed by atoms with van der Waals surface area (Å²) in [6.07, 6.45) is 18.6. The van der Waals surface area contributed by atoms with Crippen LogP contribution in [0.1, 0.15) is 101 Å². The van der Waals surface area contributed by atoms with Crippen LogP contribution in [-0.2, 0) is 22.7 Å². The van der Waals surface area contributed by atoms with E-state index in [2.05, 4.69) is 45.8 Å². The van der Waals surface area contributed by atoms with Crippen LogP contribution in [0, 0.1) is 11.8 Å². The highest BCUT2D eigenvalue weighted by atomic mass is 35.5. The second-order valence-corrected chi connectivity index (χ2v) is 19.0. The van der Waals surface area contributed by atoms with Crippen molar-refractivity contribution in [3.05, 3.63) is 84.7 Å². The molecule has 2 saturated carbocycles. The summed E-state index contributed by atoms with van der Waals surface area (Å²) >= 11 is 0. The molecule has 4 heterocycles. The molecule has 10 nitrogen and oxygen atoms in total. The molecule has 0 bridgehead atoms. The van der Waals surface area contributed by atoms with Crippen LogP contribution in [0.2, 0.25) is 0 Å². The third kappa shape index (κ3) is 11.8. The number of halogens is 4. The molecule has 4 aliphatic rings. The highest BCUT2D eigenvalue weighted by Gasteiger charge is 2.39. The number of aromatic nitrogens is 4. The predicted octanol–water partition coefficient (Wildman–Crippen LogP) is 9.54. The van der Waals surface area contributed by atoms with Crippen LogP contribution >= 0.6 is 71.2 Å². The maximum atomic E-state index is 14.1. The van der Waals surface area contributed by atoms with Crippen molar-refractivity contribution >= 4 is 83.0 Å². The standard InChI is InChI=1S/C44H58N8O2S2.4ClH/c45-35(43(53)51-23-21-49-27-37(33-17-9-3-10-18-33)47-41(49)39(51)25-31-13-5-1-6-14-31)29-55-56-30-36(46)44(54)52-24-22-50-28-38(34-19-11-4-12-20-34)48-42(50)40(52)26-32-15-7-2-8-16-32;;;;/h3-4,9-12,17-20,27-28,31-32,35-36,39-40H,1-2,5-8,13-16,21-26,29-30,45-46H2;4*1H. The number of rotatable bonds is 13. The maximum Gasteiger partial charge on any atom is 0.241 e. The molecule has 0 radical (unpaired) electrons. The molecule has 4 aromatic rings. The largest absolute Gasteiger partial charge is 0.331 e. The molecule has 16 heteroatoms. The van der Waals surface area contributed by atoms with Gasteiger partial charge in [-0.25, -0.2) is 9.97 Å². The molecule has 2 fully saturated rings. The smallest absolute Gasteiger partial charge is 0.241 e. The van der Waals surface area contributed by atoms with Gasteiger partial charge in [0.2, 0.25) is 11.8 Å². The van der Waals surface area contributed by atoms with Crippen LogP contribution in [-0.4, -0.2) is 77.4 Å². The highest BCUT2D eigenvalue weighted by molar-refractivity contribution is 8.76.